The fraction of sp³-hybridized carbons (Fsp3) is 0. The normalized spacial score (nSPS) is 11.5. The van der Waals surface area contributed by atoms with Gasteiger partial charge >= 0.3 is 5.22 Å². The van der Waals surface area contributed by atoms with Crippen LogP contribution in [0.4, 0.5) is 5.69 Å². The van der Waals surface area contributed by atoms with Crippen LogP contribution in [0.3, 0.4) is 0 Å². The summed E-state index contributed by atoms with van der Waals surface area (Å²) in [6.07, 6.45) is 0. The Morgan fingerprint density at radius 3 is 2.00 bits per heavy atom. The third-order valence-corrected chi connectivity index (χ3v) is 2.12. The van der Waals surface area contributed by atoms with Crippen molar-refractivity contribution >= 4 is 40.5 Å². The van der Waals surface area contributed by atoms with E-state index < -0.39 is 5.03 Å². The van der Waals surface area contributed by atoms with Crippen molar-refractivity contribution in [3.8, 4) is 0 Å². The van der Waals surface area contributed by atoms with Gasteiger partial charge in [-0.1, -0.05) is 34.8 Å². The third kappa shape index (κ3) is 2.92. The van der Waals surface area contributed by atoms with E-state index in [4.69, 9.17) is 34.8 Å². The van der Waals surface area contributed by atoms with Gasteiger partial charge in [0, 0.05) is 9.88 Å². The van der Waals surface area contributed by atoms with Gasteiger partial charge < -0.3 is 5.21 Å². The Balaban J connectivity index is 3.32. The van der Waals surface area contributed by atoms with Crippen LogP contribution in [-0.2, 0) is 0 Å². The second-order valence-electron chi connectivity index (χ2n) is 2.32. The smallest absolute Gasteiger partial charge is 0.349 e. The highest BCUT2D eigenvalue weighted by molar-refractivity contribution is 6.40. The highest BCUT2D eigenvalue weighted by atomic mass is 35.5. The molecule has 0 radical (unpaired) electrons. The van der Waals surface area contributed by atoms with E-state index in [2.05, 4.69) is 5.22 Å². The maximum Gasteiger partial charge on any atom is 0.349 e. The summed E-state index contributed by atoms with van der Waals surface area (Å²) in [7, 11) is 0. The van der Waals surface area contributed by atoms with E-state index in [1.54, 1.807) is 0 Å². The molecule has 0 N–H and O–H groups in total. The molecule has 0 aromatic heterocycles. The Hall–Kier alpha value is -1.11. The molecular weight excluding hydrogens is 268 g/mol. The average molecular weight is 270 g/mol. The van der Waals surface area contributed by atoms with Crippen LogP contribution in [0, 0.1) is 15.3 Å². The summed E-state index contributed by atoms with van der Waals surface area (Å²) in [5, 5.41) is 22.4. The minimum Gasteiger partial charge on any atom is -0.590 e. The Morgan fingerprint density at radius 2 is 1.60 bits per heavy atom. The third-order valence-electron chi connectivity index (χ3n) is 1.33. The highest BCUT2D eigenvalue weighted by Crippen LogP contribution is 2.35. The van der Waals surface area contributed by atoms with Crippen LogP contribution in [0.15, 0.2) is 17.4 Å². The summed E-state index contributed by atoms with van der Waals surface area (Å²) < 4.78 is 0. The standard InChI is InChI=1S/C6H2Cl3N3O3/c7-3-1-4(8)6(5(9)2-3)11(13)10-12(14)15/h1-2H/b11-10+. The molecule has 0 saturated heterocycles. The maximum atomic E-state index is 11.1. The Bertz CT molecular complexity index is 425. The largest absolute Gasteiger partial charge is 0.590 e. The zero-order valence-corrected chi connectivity index (χ0v) is 9.12. The summed E-state index contributed by atoms with van der Waals surface area (Å²) in [4.78, 5) is 9.68. The van der Waals surface area contributed by atoms with Gasteiger partial charge in [0.2, 0.25) is 0 Å². The van der Waals surface area contributed by atoms with E-state index >= 15 is 0 Å². The molecule has 0 saturated carbocycles. The van der Waals surface area contributed by atoms with Crippen LogP contribution in [0.1, 0.15) is 0 Å². The van der Waals surface area contributed by atoms with Crippen molar-refractivity contribution in [1.82, 2.24) is 0 Å². The SMILES string of the molecule is O=[N+]([O-])/N=[N+](/[O-])c1c(Cl)cc(Cl)cc1Cl. The molecule has 9 heteroatoms. The zero-order valence-electron chi connectivity index (χ0n) is 6.85. The molecule has 80 valence electrons. The van der Waals surface area contributed by atoms with E-state index in [1.807, 2.05) is 0 Å². The molecule has 0 fully saturated rings. The van der Waals surface area contributed by atoms with Gasteiger partial charge in [-0.3, -0.25) is 0 Å². The molecule has 0 aliphatic rings. The first-order chi connectivity index (χ1) is 6.91. The minimum atomic E-state index is -1.16. The predicted molar refractivity (Wildman–Crippen MR) is 54.2 cm³/mol. The van der Waals surface area contributed by atoms with Gasteiger partial charge in [-0.05, 0) is 12.1 Å². The number of benzene rings is 1. The molecule has 0 unspecified atom stereocenters. The van der Waals surface area contributed by atoms with E-state index in [1.165, 1.54) is 12.1 Å². The van der Waals surface area contributed by atoms with Crippen LogP contribution in [0.25, 0.3) is 0 Å². The van der Waals surface area contributed by atoms with Crippen LogP contribution < -0.4 is 0 Å². The molecule has 1 aromatic rings. The van der Waals surface area contributed by atoms with E-state index in [-0.39, 0.29) is 25.6 Å². The lowest BCUT2D eigenvalue weighted by molar-refractivity contribution is -0.642. The summed E-state index contributed by atoms with van der Waals surface area (Å²) >= 11 is 16.8. The molecule has 0 atom stereocenters. The summed E-state index contributed by atoms with van der Waals surface area (Å²) in [6, 6.07) is 2.45. The van der Waals surface area contributed by atoms with E-state index in [0.717, 1.165) is 0 Å². The molecule has 0 heterocycles. The van der Waals surface area contributed by atoms with Crippen molar-refractivity contribution in [2.45, 2.75) is 0 Å². The van der Waals surface area contributed by atoms with Crippen molar-refractivity contribution in [3.63, 3.8) is 0 Å². The summed E-state index contributed by atoms with van der Waals surface area (Å²) in [6.45, 7) is 0. The van der Waals surface area contributed by atoms with Crippen LogP contribution in [-0.4, -0.2) is 9.89 Å². The van der Waals surface area contributed by atoms with Gasteiger partial charge in [0.25, 0.3) is 10.7 Å². The summed E-state index contributed by atoms with van der Waals surface area (Å²) in [5.74, 6) is 0. The van der Waals surface area contributed by atoms with Gasteiger partial charge in [0.1, 0.15) is 10.0 Å². The average Bonchev–Trinajstić information content (AvgIpc) is 1.99. The molecule has 15 heavy (non-hydrogen) atoms. The fourth-order valence-corrected chi connectivity index (χ4v) is 1.79. The molecule has 0 bridgehead atoms. The van der Waals surface area contributed by atoms with Gasteiger partial charge in [-0.15, -0.1) is 0 Å². The quantitative estimate of drug-likeness (QED) is 0.357. The molecule has 0 aliphatic carbocycles. The lowest BCUT2D eigenvalue weighted by Crippen LogP contribution is -1.98. The molecule has 0 amide bonds. The van der Waals surface area contributed by atoms with Crippen LogP contribution in [0.2, 0.25) is 15.1 Å². The highest BCUT2D eigenvalue weighted by Gasteiger charge is 2.19. The fourth-order valence-electron chi connectivity index (χ4n) is 0.828. The van der Waals surface area contributed by atoms with Gasteiger partial charge in [0.15, 0.2) is 0 Å². The first-order valence-corrected chi connectivity index (χ1v) is 4.53. The van der Waals surface area contributed by atoms with E-state index in [9.17, 15) is 15.3 Å². The molecule has 6 nitrogen and oxygen atoms in total. The number of nitro groups is 1. The minimum absolute atomic E-state index is 0.117. The summed E-state index contributed by atoms with van der Waals surface area (Å²) in [5.41, 5.74) is -0.320. The Labute approximate surface area is 98.4 Å². The predicted octanol–water partition coefficient (Wildman–Crippen LogP) is 3.43. The maximum absolute atomic E-state index is 11.1. The molecule has 1 rings (SSSR count). The molecule has 0 aliphatic heterocycles. The molecule has 0 spiro atoms. The van der Waals surface area contributed by atoms with Crippen molar-refractivity contribution in [2.24, 2.45) is 5.22 Å². The monoisotopic (exact) mass is 269 g/mol. The number of rotatable bonds is 2. The van der Waals surface area contributed by atoms with Crippen molar-refractivity contribution in [3.05, 3.63) is 42.5 Å². The number of hydrogen-bond donors (Lipinski definition) is 0. The number of nitrogens with zero attached hydrogens (tertiary/aromatic N) is 3. The van der Waals surface area contributed by atoms with Crippen molar-refractivity contribution in [1.29, 1.82) is 0 Å². The Kier molecular flexibility index (Phi) is 3.67. The second-order valence-corrected chi connectivity index (χ2v) is 3.57. The lowest BCUT2D eigenvalue weighted by atomic mass is 10.3. The number of halogens is 3. The first kappa shape index (κ1) is 12.0. The zero-order chi connectivity index (χ0) is 11.6. The topological polar surface area (TPSA) is 81.6 Å². The Morgan fingerprint density at radius 1 is 1.13 bits per heavy atom. The molecular formula is C6H2Cl3N3O3. The van der Waals surface area contributed by atoms with Crippen LogP contribution in [0.5, 0.6) is 0 Å². The van der Waals surface area contributed by atoms with Gasteiger partial charge in [-0.25, -0.2) is 10.1 Å². The van der Waals surface area contributed by atoms with Gasteiger partial charge in [-0.2, -0.15) is 0 Å². The van der Waals surface area contributed by atoms with E-state index in [0.29, 0.717) is 0 Å². The van der Waals surface area contributed by atoms with Crippen molar-refractivity contribution < 1.29 is 9.89 Å². The van der Waals surface area contributed by atoms with Gasteiger partial charge in [0.05, 0.1) is 0 Å². The second kappa shape index (κ2) is 4.61. The number of hydrogen-bond acceptors (Lipinski definition) is 3. The van der Waals surface area contributed by atoms with Crippen molar-refractivity contribution in [2.75, 3.05) is 0 Å². The first-order valence-electron chi connectivity index (χ1n) is 3.39. The lowest BCUT2D eigenvalue weighted by Gasteiger charge is -2.01. The molecule has 1 aromatic carbocycles. The van der Waals surface area contributed by atoms with Crippen LogP contribution >= 0.6 is 34.8 Å².